The van der Waals surface area contributed by atoms with E-state index in [1.54, 1.807) is 6.20 Å². The molecule has 0 aliphatic heterocycles. The normalized spacial score (nSPS) is 11.1. The Morgan fingerprint density at radius 3 is 2.93 bits per heavy atom. The average molecular weight is 223 g/mol. The van der Waals surface area contributed by atoms with Crippen molar-refractivity contribution in [1.29, 1.82) is 0 Å². The van der Waals surface area contributed by atoms with Crippen LogP contribution in [0.25, 0.3) is 0 Å². The van der Waals surface area contributed by atoms with Gasteiger partial charge in [-0.05, 0) is 0 Å². The molecule has 2 aromatic heterocycles. The molecular formula is C9H13N5S. The number of nitrogens with two attached hydrogens (primary N) is 1. The maximum atomic E-state index is 5.74. The summed E-state index contributed by atoms with van der Waals surface area (Å²) in [5.41, 5.74) is 6.56. The molecule has 0 aliphatic carbocycles. The molecule has 5 nitrogen and oxygen atoms in total. The Bertz CT molecular complexity index is 445. The van der Waals surface area contributed by atoms with Gasteiger partial charge in [-0.25, -0.2) is 4.98 Å². The highest BCUT2D eigenvalue weighted by molar-refractivity contribution is 7.09. The Hall–Kier alpha value is -1.43. The van der Waals surface area contributed by atoms with Crippen LogP contribution in [0.4, 0.5) is 5.00 Å². The number of aromatic nitrogens is 4. The lowest BCUT2D eigenvalue weighted by molar-refractivity contribution is 0.660. The summed E-state index contributed by atoms with van der Waals surface area (Å²) >= 11 is 1.22. The SMILES string of the molecule is CC(C)c1nccn1Cc1nnsc1N. The Morgan fingerprint density at radius 1 is 1.53 bits per heavy atom. The molecule has 2 heterocycles. The second kappa shape index (κ2) is 3.98. The predicted octanol–water partition coefficient (Wildman–Crippen LogP) is 1.49. The molecule has 0 atom stereocenters. The lowest BCUT2D eigenvalue weighted by Crippen LogP contribution is -2.07. The van der Waals surface area contributed by atoms with Crippen molar-refractivity contribution in [3.8, 4) is 0 Å². The molecule has 6 heteroatoms. The number of hydrogen-bond donors (Lipinski definition) is 1. The monoisotopic (exact) mass is 223 g/mol. The zero-order valence-electron chi connectivity index (χ0n) is 8.71. The maximum Gasteiger partial charge on any atom is 0.132 e. The third-order valence-corrected chi connectivity index (χ3v) is 2.76. The Kier molecular flexibility index (Phi) is 2.68. The molecular weight excluding hydrogens is 210 g/mol. The van der Waals surface area contributed by atoms with Gasteiger partial charge in [0.15, 0.2) is 0 Å². The van der Waals surface area contributed by atoms with E-state index in [4.69, 9.17) is 5.73 Å². The first-order valence-electron chi connectivity index (χ1n) is 4.76. The van der Waals surface area contributed by atoms with Crippen molar-refractivity contribution in [2.75, 3.05) is 5.73 Å². The molecule has 0 aromatic carbocycles. The van der Waals surface area contributed by atoms with Crippen molar-refractivity contribution in [1.82, 2.24) is 19.1 Å². The van der Waals surface area contributed by atoms with Gasteiger partial charge in [-0.1, -0.05) is 18.3 Å². The van der Waals surface area contributed by atoms with Gasteiger partial charge in [0.05, 0.1) is 6.54 Å². The van der Waals surface area contributed by atoms with Gasteiger partial charge < -0.3 is 10.3 Å². The largest absolute Gasteiger partial charge is 0.388 e. The molecule has 2 rings (SSSR count). The minimum atomic E-state index is 0.396. The summed E-state index contributed by atoms with van der Waals surface area (Å²) in [5, 5.41) is 4.67. The summed E-state index contributed by atoms with van der Waals surface area (Å²) in [6, 6.07) is 0. The van der Waals surface area contributed by atoms with Crippen LogP contribution in [0.5, 0.6) is 0 Å². The van der Waals surface area contributed by atoms with E-state index < -0.39 is 0 Å². The fourth-order valence-electron chi connectivity index (χ4n) is 1.44. The molecule has 2 aromatic rings. The smallest absolute Gasteiger partial charge is 0.132 e. The van der Waals surface area contributed by atoms with Crippen LogP contribution in [0.3, 0.4) is 0 Å². The van der Waals surface area contributed by atoms with Crippen molar-refractivity contribution in [3.63, 3.8) is 0 Å². The molecule has 0 spiro atoms. The van der Waals surface area contributed by atoms with E-state index in [0.29, 0.717) is 17.5 Å². The van der Waals surface area contributed by atoms with E-state index in [0.717, 1.165) is 11.5 Å². The van der Waals surface area contributed by atoms with E-state index in [9.17, 15) is 0 Å². The Morgan fingerprint density at radius 2 is 2.33 bits per heavy atom. The number of anilines is 1. The zero-order chi connectivity index (χ0) is 10.8. The van der Waals surface area contributed by atoms with Crippen LogP contribution in [-0.4, -0.2) is 19.1 Å². The molecule has 0 radical (unpaired) electrons. The lowest BCUT2D eigenvalue weighted by Gasteiger charge is -2.08. The van der Waals surface area contributed by atoms with E-state index in [-0.39, 0.29) is 0 Å². The first-order chi connectivity index (χ1) is 7.18. The molecule has 80 valence electrons. The van der Waals surface area contributed by atoms with Crippen LogP contribution in [0.15, 0.2) is 12.4 Å². The molecule has 0 amide bonds. The van der Waals surface area contributed by atoms with E-state index in [1.807, 2.05) is 6.20 Å². The molecule has 0 saturated heterocycles. The minimum Gasteiger partial charge on any atom is -0.388 e. The van der Waals surface area contributed by atoms with Gasteiger partial charge in [-0.2, -0.15) is 0 Å². The third-order valence-electron chi connectivity index (χ3n) is 2.17. The van der Waals surface area contributed by atoms with Crippen molar-refractivity contribution in [2.45, 2.75) is 26.3 Å². The predicted molar refractivity (Wildman–Crippen MR) is 59.7 cm³/mol. The lowest BCUT2D eigenvalue weighted by atomic mass is 10.2. The maximum absolute atomic E-state index is 5.74. The second-order valence-corrected chi connectivity index (χ2v) is 4.44. The summed E-state index contributed by atoms with van der Waals surface area (Å²) in [6.45, 7) is 4.87. The second-order valence-electron chi connectivity index (χ2n) is 3.65. The van der Waals surface area contributed by atoms with Crippen molar-refractivity contribution in [2.24, 2.45) is 0 Å². The number of imidazole rings is 1. The summed E-state index contributed by atoms with van der Waals surface area (Å²) < 4.78 is 5.86. The van der Waals surface area contributed by atoms with Gasteiger partial charge in [0, 0.05) is 29.8 Å². The molecule has 15 heavy (non-hydrogen) atoms. The van der Waals surface area contributed by atoms with Crippen molar-refractivity contribution < 1.29 is 0 Å². The van der Waals surface area contributed by atoms with E-state index >= 15 is 0 Å². The van der Waals surface area contributed by atoms with Crippen LogP contribution in [0.1, 0.15) is 31.3 Å². The molecule has 0 unspecified atom stereocenters. The molecule has 0 bridgehead atoms. The van der Waals surface area contributed by atoms with Gasteiger partial charge in [0.2, 0.25) is 0 Å². The van der Waals surface area contributed by atoms with E-state index in [2.05, 4.69) is 33.0 Å². The summed E-state index contributed by atoms with van der Waals surface area (Å²) in [4.78, 5) is 4.30. The molecule has 0 aliphatic rings. The first kappa shape index (κ1) is 10.1. The van der Waals surface area contributed by atoms with Crippen LogP contribution < -0.4 is 5.73 Å². The molecule has 0 fully saturated rings. The number of rotatable bonds is 3. The quantitative estimate of drug-likeness (QED) is 0.855. The highest BCUT2D eigenvalue weighted by atomic mass is 32.1. The first-order valence-corrected chi connectivity index (χ1v) is 5.53. The van der Waals surface area contributed by atoms with Crippen LogP contribution in [0, 0.1) is 0 Å². The highest BCUT2D eigenvalue weighted by Gasteiger charge is 2.10. The average Bonchev–Trinajstić information content (AvgIpc) is 2.77. The van der Waals surface area contributed by atoms with Crippen LogP contribution >= 0.6 is 11.5 Å². The van der Waals surface area contributed by atoms with Crippen LogP contribution in [0.2, 0.25) is 0 Å². The molecule has 2 N–H and O–H groups in total. The third kappa shape index (κ3) is 1.99. The summed E-state index contributed by atoms with van der Waals surface area (Å²) in [6.07, 6.45) is 3.74. The van der Waals surface area contributed by atoms with Gasteiger partial charge in [0.25, 0.3) is 0 Å². The topological polar surface area (TPSA) is 69.6 Å². The fourth-order valence-corrected chi connectivity index (χ4v) is 1.88. The Balaban J connectivity index is 2.25. The van der Waals surface area contributed by atoms with Crippen molar-refractivity contribution in [3.05, 3.63) is 23.9 Å². The number of hydrogen-bond acceptors (Lipinski definition) is 5. The standard InChI is InChI=1S/C9H13N5S/c1-6(2)9-11-3-4-14(9)5-7-8(10)15-13-12-7/h3-4,6H,5,10H2,1-2H3. The van der Waals surface area contributed by atoms with Gasteiger partial charge >= 0.3 is 0 Å². The highest BCUT2D eigenvalue weighted by Crippen LogP contribution is 2.17. The Labute approximate surface area is 92.1 Å². The van der Waals surface area contributed by atoms with Gasteiger partial charge in [-0.15, -0.1) is 5.10 Å². The summed E-state index contributed by atoms with van der Waals surface area (Å²) in [7, 11) is 0. The summed E-state index contributed by atoms with van der Waals surface area (Å²) in [5.74, 6) is 1.44. The number of nitrogen functional groups attached to an aromatic ring is 1. The molecule has 0 saturated carbocycles. The minimum absolute atomic E-state index is 0.396. The fraction of sp³-hybridized carbons (Fsp3) is 0.444. The van der Waals surface area contributed by atoms with Crippen molar-refractivity contribution >= 4 is 16.5 Å². The number of nitrogens with zero attached hydrogens (tertiary/aromatic N) is 4. The van der Waals surface area contributed by atoms with Gasteiger partial charge in [0.1, 0.15) is 16.5 Å². The van der Waals surface area contributed by atoms with E-state index in [1.165, 1.54) is 11.5 Å². The zero-order valence-corrected chi connectivity index (χ0v) is 9.53. The van der Waals surface area contributed by atoms with Gasteiger partial charge in [-0.3, -0.25) is 0 Å². The van der Waals surface area contributed by atoms with Crippen LogP contribution in [-0.2, 0) is 6.54 Å².